The second-order valence-corrected chi connectivity index (χ2v) is 3.13. The van der Waals surface area contributed by atoms with Gasteiger partial charge in [-0.25, -0.2) is 9.59 Å². The molecule has 0 radical (unpaired) electrons. The van der Waals surface area contributed by atoms with Gasteiger partial charge in [0.15, 0.2) is 0 Å². The second-order valence-electron chi connectivity index (χ2n) is 3.13. The van der Waals surface area contributed by atoms with Crippen molar-refractivity contribution in [3.8, 4) is 0 Å². The molecule has 14 heavy (non-hydrogen) atoms. The van der Waals surface area contributed by atoms with Gasteiger partial charge in [-0.2, -0.15) is 4.98 Å². The number of rotatable bonds is 2. The van der Waals surface area contributed by atoms with E-state index in [-0.39, 0.29) is 17.4 Å². The lowest BCUT2D eigenvalue weighted by atomic mass is 10.3. The van der Waals surface area contributed by atoms with Crippen LogP contribution in [0.2, 0.25) is 0 Å². The Bertz CT molecular complexity index is 422. The highest BCUT2D eigenvalue weighted by molar-refractivity contribution is 5.91. The van der Waals surface area contributed by atoms with E-state index in [4.69, 9.17) is 10.8 Å². The molecule has 0 fully saturated rings. The molecular weight excluding hydrogens is 186 g/mol. The van der Waals surface area contributed by atoms with Crippen molar-refractivity contribution in [2.75, 3.05) is 5.73 Å². The number of nitrogens with zero attached hydrogens (tertiary/aromatic N) is 2. The molecule has 0 unspecified atom stereocenters. The zero-order valence-corrected chi connectivity index (χ0v) is 7.89. The van der Waals surface area contributed by atoms with Gasteiger partial charge in [0.25, 0.3) is 0 Å². The summed E-state index contributed by atoms with van der Waals surface area (Å²) in [5.41, 5.74) is 4.59. The number of hydrogen-bond acceptors (Lipinski definition) is 4. The number of nitrogen functional groups attached to an aromatic ring is 1. The van der Waals surface area contributed by atoms with E-state index in [1.807, 2.05) is 0 Å². The van der Waals surface area contributed by atoms with Gasteiger partial charge >= 0.3 is 11.7 Å². The molecule has 3 N–H and O–H groups in total. The summed E-state index contributed by atoms with van der Waals surface area (Å²) in [5, 5.41) is 8.73. The van der Waals surface area contributed by atoms with Gasteiger partial charge in [0.05, 0.1) is 0 Å². The number of aromatic carboxylic acids is 1. The van der Waals surface area contributed by atoms with E-state index in [0.29, 0.717) is 0 Å². The molecule has 0 aliphatic heterocycles. The first-order chi connectivity index (χ1) is 6.43. The molecule has 0 spiro atoms. The number of aromatic nitrogens is 2. The van der Waals surface area contributed by atoms with Crippen molar-refractivity contribution in [2.45, 2.75) is 19.9 Å². The largest absolute Gasteiger partial charge is 0.478 e. The summed E-state index contributed by atoms with van der Waals surface area (Å²) in [4.78, 5) is 25.3. The third-order valence-electron chi connectivity index (χ3n) is 1.77. The molecule has 0 saturated heterocycles. The lowest BCUT2D eigenvalue weighted by Crippen LogP contribution is -2.27. The monoisotopic (exact) mass is 197 g/mol. The Morgan fingerprint density at radius 3 is 2.64 bits per heavy atom. The molecule has 1 aromatic heterocycles. The summed E-state index contributed by atoms with van der Waals surface area (Å²) < 4.78 is 1.22. The topological polar surface area (TPSA) is 98.2 Å². The average Bonchev–Trinajstić information content (AvgIpc) is 2.02. The summed E-state index contributed by atoms with van der Waals surface area (Å²) in [6.45, 7) is 3.51. The van der Waals surface area contributed by atoms with E-state index in [1.165, 1.54) is 10.8 Å². The number of nitrogens with two attached hydrogens (primary N) is 1. The fourth-order valence-electron chi connectivity index (χ4n) is 1.02. The lowest BCUT2D eigenvalue weighted by Gasteiger charge is -2.10. The predicted octanol–water partition coefficient (Wildman–Crippen LogP) is 0.105. The first-order valence-electron chi connectivity index (χ1n) is 4.05. The first-order valence-corrected chi connectivity index (χ1v) is 4.05. The van der Waals surface area contributed by atoms with E-state index in [9.17, 15) is 9.59 Å². The fraction of sp³-hybridized carbons (Fsp3) is 0.375. The van der Waals surface area contributed by atoms with Gasteiger partial charge in [-0.05, 0) is 13.8 Å². The molecule has 1 heterocycles. The van der Waals surface area contributed by atoms with Crippen LogP contribution in [-0.2, 0) is 0 Å². The molecule has 6 nitrogen and oxygen atoms in total. The molecule has 0 aliphatic rings. The van der Waals surface area contributed by atoms with E-state index >= 15 is 0 Å². The Morgan fingerprint density at radius 2 is 2.21 bits per heavy atom. The van der Waals surface area contributed by atoms with Crippen molar-refractivity contribution in [3.05, 3.63) is 22.2 Å². The molecule has 0 bridgehead atoms. The van der Waals surface area contributed by atoms with Crippen LogP contribution in [0.4, 0.5) is 5.82 Å². The van der Waals surface area contributed by atoms with Crippen molar-refractivity contribution < 1.29 is 9.90 Å². The molecule has 0 saturated carbocycles. The summed E-state index contributed by atoms with van der Waals surface area (Å²) in [6.07, 6.45) is 1.21. The van der Waals surface area contributed by atoms with Crippen LogP contribution in [0.3, 0.4) is 0 Å². The van der Waals surface area contributed by atoms with Crippen molar-refractivity contribution >= 4 is 11.8 Å². The molecule has 0 amide bonds. The van der Waals surface area contributed by atoms with Gasteiger partial charge in [0.1, 0.15) is 11.4 Å². The Kier molecular flexibility index (Phi) is 2.55. The highest BCUT2D eigenvalue weighted by Gasteiger charge is 2.13. The van der Waals surface area contributed by atoms with Gasteiger partial charge in [0, 0.05) is 12.2 Å². The van der Waals surface area contributed by atoms with Crippen LogP contribution >= 0.6 is 0 Å². The van der Waals surface area contributed by atoms with Crippen LogP contribution < -0.4 is 11.4 Å². The Balaban J connectivity index is 3.42. The van der Waals surface area contributed by atoms with Crippen LogP contribution in [0.5, 0.6) is 0 Å². The minimum atomic E-state index is -1.19. The maximum atomic E-state index is 11.2. The highest BCUT2D eigenvalue weighted by Crippen LogP contribution is 2.07. The molecule has 1 aromatic rings. The Morgan fingerprint density at radius 1 is 1.64 bits per heavy atom. The highest BCUT2D eigenvalue weighted by atomic mass is 16.4. The van der Waals surface area contributed by atoms with Crippen LogP contribution in [0, 0.1) is 0 Å². The van der Waals surface area contributed by atoms with Gasteiger partial charge in [-0.15, -0.1) is 0 Å². The molecule has 76 valence electrons. The summed E-state index contributed by atoms with van der Waals surface area (Å²) in [5.74, 6) is -1.44. The van der Waals surface area contributed by atoms with Gasteiger partial charge in [-0.1, -0.05) is 0 Å². The number of carboxylic acid groups (broad SMARTS) is 1. The first kappa shape index (κ1) is 10.2. The summed E-state index contributed by atoms with van der Waals surface area (Å²) in [7, 11) is 0. The normalized spacial score (nSPS) is 10.5. The number of hydrogen-bond donors (Lipinski definition) is 2. The number of carbonyl (C=O) groups is 1. The van der Waals surface area contributed by atoms with E-state index in [0.717, 1.165) is 0 Å². The smallest absolute Gasteiger partial charge is 0.349 e. The molecular formula is C8H11N3O3. The van der Waals surface area contributed by atoms with Crippen molar-refractivity contribution in [2.24, 2.45) is 0 Å². The minimum absolute atomic E-state index is 0.145. The van der Waals surface area contributed by atoms with E-state index in [2.05, 4.69) is 4.98 Å². The van der Waals surface area contributed by atoms with Gasteiger partial charge in [0.2, 0.25) is 0 Å². The third kappa shape index (κ3) is 1.73. The molecule has 0 aliphatic carbocycles. The van der Waals surface area contributed by atoms with Crippen LogP contribution in [0.1, 0.15) is 30.2 Å². The van der Waals surface area contributed by atoms with Gasteiger partial charge < -0.3 is 10.8 Å². The molecule has 0 atom stereocenters. The second kappa shape index (κ2) is 3.49. The van der Waals surface area contributed by atoms with Crippen molar-refractivity contribution in [1.29, 1.82) is 0 Å². The molecule has 1 rings (SSSR count). The Hall–Kier alpha value is -1.85. The zero-order valence-electron chi connectivity index (χ0n) is 7.89. The maximum absolute atomic E-state index is 11.2. The van der Waals surface area contributed by atoms with E-state index < -0.39 is 11.7 Å². The quantitative estimate of drug-likeness (QED) is 0.700. The SMILES string of the molecule is CC(C)n1cc(C(=O)O)c(N)nc1=O. The molecule has 6 heteroatoms. The third-order valence-corrected chi connectivity index (χ3v) is 1.77. The van der Waals surface area contributed by atoms with E-state index in [1.54, 1.807) is 13.8 Å². The summed E-state index contributed by atoms with van der Waals surface area (Å²) in [6, 6.07) is -0.145. The maximum Gasteiger partial charge on any atom is 0.349 e. The lowest BCUT2D eigenvalue weighted by molar-refractivity contribution is 0.0696. The molecule has 0 aromatic carbocycles. The predicted molar refractivity (Wildman–Crippen MR) is 50.3 cm³/mol. The number of anilines is 1. The van der Waals surface area contributed by atoms with Crippen molar-refractivity contribution in [1.82, 2.24) is 9.55 Å². The summed E-state index contributed by atoms with van der Waals surface area (Å²) >= 11 is 0. The fourth-order valence-corrected chi connectivity index (χ4v) is 1.02. The zero-order chi connectivity index (χ0) is 10.9. The van der Waals surface area contributed by atoms with Crippen LogP contribution in [0.15, 0.2) is 11.0 Å². The Labute approximate surface area is 80.0 Å². The average molecular weight is 197 g/mol. The van der Waals surface area contributed by atoms with Gasteiger partial charge in [-0.3, -0.25) is 4.57 Å². The standard InChI is InChI=1S/C8H11N3O3/c1-4(2)11-3-5(7(12)13)6(9)10-8(11)14/h3-4H,1-2H3,(H,12,13)(H2,9,10,14). The minimum Gasteiger partial charge on any atom is -0.478 e. The van der Waals surface area contributed by atoms with Crippen molar-refractivity contribution in [3.63, 3.8) is 0 Å². The van der Waals surface area contributed by atoms with Crippen LogP contribution in [0.25, 0.3) is 0 Å². The number of carboxylic acids is 1. The van der Waals surface area contributed by atoms with Crippen LogP contribution in [-0.4, -0.2) is 20.6 Å².